The molecule has 2 aromatic heterocycles. The maximum atomic E-state index is 13.2. The number of halogens is 3. The van der Waals surface area contributed by atoms with Gasteiger partial charge in [-0.1, -0.05) is 23.4 Å². The number of alkyl halides is 3. The third-order valence-corrected chi connectivity index (χ3v) is 6.26. The molecule has 1 aliphatic rings. The Morgan fingerprint density at radius 1 is 1.15 bits per heavy atom. The van der Waals surface area contributed by atoms with Crippen LogP contribution in [0.4, 0.5) is 13.2 Å². The number of nitrogens with zero attached hydrogens (tertiary/aromatic N) is 5. The van der Waals surface area contributed by atoms with Crippen molar-refractivity contribution in [3.63, 3.8) is 0 Å². The van der Waals surface area contributed by atoms with E-state index >= 15 is 0 Å². The molecule has 0 amide bonds. The van der Waals surface area contributed by atoms with E-state index in [4.69, 9.17) is 4.74 Å². The number of fused-ring (bicyclic) bond motifs is 1. The first-order chi connectivity index (χ1) is 16.3. The summed E-state index contributed by atoms with van der Waals surface area (Å²) >= 11 is 0. The zero-order valence-corrected chi connectivity index (χ0v) is 18.9. The third kappa shape index (κ3) is 4.18. The van der Waals surface area contributed by atoms with Crippen LogP contribution >= 0.6 is 0 Å². The lowest BCUT2D eigenvalue weighted by Crippen LogP contribution is -2.21. The van der Waals surface area contributed by atoms with Gasteiger partial charge in [-0.25, -0.2) is 9.67 Å². The Hall–Kier alpha value is -3.62. The Labute approximate surface area is 195 Å². The van der Waals surface area contributed by atoms with Crippen LogP contribution in [-0.2, 0) is 19.0 Å². The number of benzene rings is 2. The van der Waals surface area contributed by atoms with Crippen LogP contribution in [0.5, 0.6) is 5.75 Å². The first-order valence-electron chi connectivity index (χ1n) is 11.1. The van der Waals surface area contributed by atoms with Gasteiger partial charge in [-0.2, -0.15) is 13.2 Å². The molecule has 0 fully saturated rings. The molecule has 34 heavy (non-hydrogen) atoms. The molecule has 0 saturated heterocycles. The molecule has 9 heteroatoms. The van der Waals surface area contributed by atoms with Crippen LogP contribution < -0.4 is 4.74 Å². The molecule has 0 aliphatic carbocycles. The fourth-order valence-electron chi connectivity index (χ4n) is 4.60. The average Bonchev–Trinajstić information content (AvgIpc) is 3.44. The van der Waals surface area contributed by atoms with E-state index in [0.717, 1.165) is 59.4 Å². The monoisotopic (exact) mass is 467 g/mol. The van der Waals surface area contributed by atoms with Gasteiger partial charge >= 0.3 is 6.18 Å². The first-order valence-corrected chi connectivity index (χ1v) is 11.1. The summed E-state index contributed by atoms with van der Waals surface area (Å²) in [6, 6.07) is 11.2. The van der Waals surface area contributed by atoms with Crippen LogP contribution in [0.2, 0.25) is 0 Å². The molecule has 0 saturated carbocycles. The third-order valence-electron chi connectivity index (χ3n) is 6.26. The Balaban J connectivity index is 1.43. The molecule has 0 bridgehead atoms. The summed E-state index contributed by atoms with van der Waals surface area (Å²) in [4.78, 5) is 4.27. The van der Waals surface area contributed by atoms with Crippen LogP contribution in [0.15, 0.2) is 55.0 Å². The second-order valence-electron chi connectivity index (χ2n) is 8.56. The van der Waals surface area contributed by atoms with E-state index in [-0.39, 0.29) is 6.04 Å². The molecular formula is C25H24F3N5O. The summed E-state index contributed by atoms with van der Waals surface area (Å²) in [6.45, 7) is 1.93. The lowest BCUT2D eigenvalue weighted by molar-refractivity contribution is -0.137. The Morgan fingerprint density at radius 2 is 2.00 bits per heavy atom. The van der Waals surface area contributed by atoms with Crippen molar-refractivity contribution in [1.82, 2.24) is 24.5 Å². The summed E-state index contributed by atoms with van der Waals surface area (Å²) in [5.41, 5.74) is 4.60. The zero-order chi connectivity index (χ0) is 23.9. The van der Waals surface area contributed by atoms with E-state index < -0.39 is 11.7 Å². The van der Waals surface area contributed by atoms with Crippen molar-refractivity contribution in [1.29, 1.82) is 0 Å². The quantitative estimate of drug-likeness (QED) is 0.399. The van der Waals surface area contributed by atoms with Gasteiger partial charge in [0.25, 0.3) is 0 Å². The van der Waals surface area contributed by atoms with E-state index in [0.29, 0.717) is 12.0 Å². The molecule has 1 unspecified atom stereocenters. The predicted molar refractivity (Wildman–Crippen MR) is 120 cm³/mol. The number of methoxy groups -OCH3 is 1. The highest BCUT2D eigenvalue weighted by Gasteiger charge is 2.32. The summed E-state index contributed by atoms with van der Waals surface area (Å²) in [6.07, 6.45) is 2.25. The van der Waals surface area contributed by atoms with Crippen molar-refractivity contribution in [2.45, 2.75) is 44.8 Å². The molecule has 4 aromatic rings. The van der Waals surface area contributed by atoms with Crippen molar-refractivity contribution >= 4 is 0 Å². The number of ether oxygens (including phenoxy) is 1. The number of hydrogen-bond acceptors (Lipinski definition) is 4. The van der Waals surface area contributed by atoms with Gasteiger partial charge in [-0.05, 0) is 61.6 Å². The van der Waals surface area contributed by atoms with Gasteiger partial charge in [-0.3, -0.25) is 0 Å². The molecule has 1 aliphatic heterocycles. The largest absolute Gasteiger partial charge is 0.495 e. The molecule has 5 rings (SSSR count). The molecule has 6 nitrogen and oxygen atoms in total. The number of imidazole rings is 1. The molecule has 3 heterocycles. The smallest absolute Gasteiger partial charge is 0.416 e. The van der Waals surface area contributed by atoms with Crippen LogP contribution in [0.1, 0.15) is 52.7 Å². The molecule has 176 valence electrons. The van der Waals surface area contributed by atoms with E-state index in [1.54, 1.807) is 24.2 Å². The van der Waals surface area contributed by atoms with Gasteiger partial charge in [0.2, 0.25) is 0 Å². The number of aromatic nitrogens is 5. The Bertz CT molecular complexity index is 1320. The minimum Gasteiger partial charge on any atom is -0.495 e. The van der Waals surface area contributed by atoms with Crippen LogP contribution in [-0.4, -0.2) is 31.7 Å². The fraction of sp³-hybridized carbons (Fsp3) is 0.320. The van der Waals surface area contributed by atoms with Crippen LogP contribution in [0.25, 0.3) is 5.69 Å². The Kier molecular flexibility index (Phi) is 5.63. The molecule has 0 radical (unpaired) electrons. The van der Waals surface area contributed by atoms with Gasteiger partial charge in [0.15, 0.2) is 0 Å². The van der Waals surface area contributed by atoms with Crippen LogP contribution in [0.3, 0.4) is 0 Å². The molecular weight excluding hydrogens is 443 g/mol. The molecule has 0 spiro atoms. The summed E-state index contributed by atoms with van der Waals surface area (Å²) in [5.74, 6) is 0.720. The zero-order valence-electron chi connectivity index (χ0n) is 18.9. The summed E-state index contributed by atoms with van der Waals surface area (Å²) in [7, 11) is 1.63. The standard InChI is InChI=1S/C25H24F3N5O/c1-16-14-32(15-29-16)23-10-9-17(12-24(23)34-2)11-20-22-8-4-7-21(33(22)31-30-20)18-5-3-6-19(13-18)25(26,27)28/h3,5-6,9-10,12-15,21H,4,7-8,11H2,1-2H3. The van der Waals surface area contributed by atoms with Crippen molar-refractivity contribution in [3.8, 4) is 11.4 Å². The minimum absolute atomic E-state index is 0.256. The van der Waals surface area contributed by atoms with Crippen molar-refractivity contribution in [2.24, 2.45) is 0 Å². The highest BCUT2D eigenvalue weighted by Crippen LogP contribution is 2.35. The number of aryl methyl sites for hydroxylation is 1. The van der Waals surface area contributed by atoms with Crippen molar-refractivity contribution in [2.75, 3.05) is 7.11 Å². The van der Waals surface area contributed by atoms with E-state index in [1.165, 1.54) is 12.1 Å². The average molecular weight is 467 g/mol. The van der Waals surface area contributed by atoms with Gasteiger partial charge < -0.3 is 9.30 Å². The second-order valence-corrected chi connectivity index (χ2v) is 8.56. The fourth-order valence-corrected chi connectivity index (χ4v) is 4.60. The summed E-state index contributed by atoms with van der Waals surface area (Å²) < 4.78 is 49.0. The van der Waals surface area contributed by atoms with Gasteiger partial charge in [-0.15, -0.1) is 5.10 Å². The molecule has 2 aromatic carbocycles. The maximum Gasteiger partial charge on any atom is 0.416 e. The van der Waals surface area contributed by atoms with Gasteiger partial charge in [0.1, 0.15) is 5.75 Å². The number of rotatable bonds is 5. The maximum absolute atomic E-state index is 13.2. The molecule has 1 atom stereocenters. The van der Waals surface area contributed by atoms with E-state index in [9.17, 15) is 13.2 Å². The topological polar surface area (TPSA) is 57.8 Å². The first kappa shape index (κ1) is 22.2. The second kappa shape index (κ2) is 8.62. The van der Waals surface area contributed by atoms with E-state index in [2.05, 4.69) is 15.3 Å². The lowest BCUT2D eigenvalue weighted by atomic mass is 9.94. The van der Waals surface area contributed by atoms with E-state index in [1.807, 2.05) is 35.9 Å². The number of hydrogen-bond donors (Lipinski definition) is 0. The normalized spacial score (nSPS) is 15.9. The minimum atomic E-state index is -4.37. The van der Waals surface area contributed by atoms with Crippen molar-refractivity contribution < 1.29 is 17.9 Å². The van der Waals surface area contributed by atoms with Gasteiger partial charge in [0, 0.05) is 12.6 Å². The SMILES string of the molecule is COc1cc(Cc2nnn3c2CCCC3c2cccc(C(F)(F)F)c2)ccc1-n1cnc(C)c1. The van der Waals surface area contributed by atoms with Crippen LogP contribution in [0, 0.1) is 6.92 Å². The lowest BCUT2D eigenvalue weighted by Gasteiger charge is -2.25. The Morgan fingerprint density at radius 3 is 2.74 bits per heavy atom. The molecule has 0 N–H and O–H groups in total. The van der Waals surface area contributed by atoms with Gasteiger partial charge in [0.05, 0.1) is 47.8 Å². The highest BCUT2D eigenvalue weighted by molar-refractivity contribution is 5.50. The summed E-state index contributed by atoms with van der Waals surface area (Å²) in [5, 5.41) is 8.77. The predicted octanol–water partition coefficient (Wildman–Crippen LogP) is 5.32. The van der Waals surface area contributed by atoms with Crippen molar-refractivity contribution in [3.05, 3.63) is 88.8 Å². The highest BCUT2D eigenvalue weighted by atomic mass is 19.4.